The largest absolute Gasteiger partial charge is 0.445 e. The number of nitrogens with zero attached hydrogens (tertiary/aromatic N) is 2. The lowest BCUT2D eigenvalue weighted by Gasteiger charge is -2.41. The van der Waals surface area contributed by atoms with E-state index in [1.807, 2.05) is 30.3 Å². The molecule has 0 bridgehead atoms. The Hall–Kier alpha value is -1.69. The maximum absolute atomic E-state index is 13.2. The van der Waals surface area contributed by atoms with Crippen LogP contribution in [0.5, 0.6) is 0 Å². The van der Waals surface area contributed by atoms with Crippen LogP contribution < -0.4 is 0 Å². The van der Waals surface area contributed by atoms with E-state index < -0.39 is 5.92 Å². The molecule has 0 spiro atoms. The first-order chi connectivity index (χ1) is 11.5. The first kappa shape index (κ1) is 17.1. The van der Waals surface area contributed by atoms with Crippen LogP contribution in [0, 0.1) is 0 Å². The van der Waals surface area contributed by atoms with Crippen molar-refractivity contribution in [3.8, 4) is 0 Å². The molecule has 0 N–H and O–H groups in total. The molecule has 2 heterocycles. The Bertz CT molecular complexity index is 535. The number of carbonyl (C=O) groups is 1. The average molecular weight is 338 g/mol. The summed E-state index contributed by atoms with van der Waals surface area (Å²) < 4.78 is 31.8. The van der Waals surface area contributed by atoms with Crippen molar-refractivity contribution in [3.05, 3.63) is 35.9 Å². The van der Waals surface area contributed by atoms with Crippen LogP contribution >= 0.6 is 0 Å². The Morgan fingerprint density at radius 3 is 2.33 bits per heavy atom. The van der Waals surface area contributed by atoms with E-state index in [0.29, 0.717) is 32.2 Å². The van der Waals surface area contributed by atoms with Crippen molar-refractivity contribution in [3.63, 3.8) is 0 Å². The van der Waals surface area contributed by atoms with Crippen molar-refractivity contribution in [2.24, 2.45) is 0 Å². The van der Waals surface area contributed by atoms with Gasteiger partial charge in [0.1, 0.15) is 6.61 Å². The molecule has 6 heteroatoms. The fourth-order valence-corrected chi connectivity index (χ4v) is 3.44. The third-order valence-electron chi connectivity index (χ3n) is 4.97. The molecule has 2 saturated heterocycles. The molecule has 0 unspecified atom stereocenters. The Kier molecular flexibility index (Phi) is 5.33. The van der Waals surface area contributed by atoms with Gasteiger partial charge in [0.05, 0.1) is 0 Å². The highest BCUT2D eigenvalue weighted by Crippen LogP contribution is 2.30. The van der Waals surface area contributed by atoms with Crippen LogP contribution in [0.25, 0.3) is 0 Å². The molecule has 1 aromatic rings. The van der Waals surface area contributed by atoms with E-state index in [1.165, 1.54) is 0 Å². The van der Waals surface area contributed by atoms with E-state index in [9.17, 15) is 13.6 Å². The monoisotopic (exact) mass is 338 g/mol. The van der Waals surface area contributed by atoms with Gasteiger partial charge in [-0.25, -0.2) is 13.6 Å². The molecule has 0 aliphatic carbocycles. The predicted molar refractivity (Wildman–Crippen MR) is 87.0 cm³/mol. The van der Waals surface area contributed by atoms with E-state index in [-0.39, 0.29) is 25.5 Å². The molecule has 0 aromatic heterocycles. The van der Waals surface area contributed by atoms with Gasteiger partial charge in [-0.05, 0) is 18.4 Å². The smallest absolute Gasteiger partial charge is 0.410 e. The number of piperidine rings is 2. The summed E-state index contributed by atoms with van der Waals surface area (Å²) in [5.41, 5.74) is 0.968. The lowest BCUT2D eigenvalue weighted by molar-refractivity contribution is -0.0671. The minimum atomic E-state index is -2.50. The molecule has 1 aromatic carbocycles. The minimum absolute atomic E-state index is 0.0493. The van der Waals surface area contributed by atoms with Crippen LogP contribution in [0.3, 0.4) is 0 Å². The Labute approximate surface area is 141 Å². The number of amides is 1. The van der Waals surface area contributed by atoms with Gasteiger partial charge in [-0.3, -0.25) is 4.90 Å². The van der Waals surface area contributed by atoms with Gasteiger partial charge in [-0.1, -0.05) is 30.3 Å². The summed E-state index contributed by atoms with van der Waals surface area (Å²) in [7, 11) is 0. The van der Waals surface area contributed by atoms with E-state index in [0.717, 1.165) is 18.4 Å². The van der Waals surface area contributed by atoms with Crippen LogP contribution in [0.1, 0.15) is 31.2 Å². The molecule has 2 aliphatic heterocycles. The highest BCUT2D eigenvalue weighted by Gasteiger charge is 2.37. The van der Waals surface area contributed by atoms with Gasteiger partial charge < -0.3 is 9.64 Å². The Morgan fingerprint density at radius 1 is 1.08 bits per heavy atom. The second-order valence-electron chi connectivity index (χ2n) is 6.65. The standard InChI is InChI=1S/C18H24F2N2O2/c19-18(20)8-12-21(13-9-18)16-6-10-22(11-7-16)17(23)24-14-15-4-2-1-3-5-15/h1-5,16H,6-14H2. The number of likely N-dealkylation sites (tertiary alicyclic amines) is 2. The average Bonchev–Trinajstić information content (AvgIpc) is 2.61. The van der Waals surface area contributed by atoms with Crippen molar-refractivity contribution in [1.29, 1.82) is 0 Å². The zero-order valence-electron chi connectivity index (χ0n) is 13.8. The van der Waals surface area contributed by atoms with Crippen molar-refractivity contribution < 1.29 is 18.3 Å². The number of alkyl halides is 2. The number of halogens is 2. The molecule has 0 radical (unpaired) electrons. The lowest BCUT2D eigenvalue weighted by atomic mass is 9.99. The van der Waals surface area contributed by atoms with Gasteiger partial charge in [-0.2, -0.15) is 0 Å². The molecule has 132 valence electrons. The number of hydrogen-bond acceptors (Lipinski definition) is 3. The third kappa shape index (κ3) is 4.44. The molecule has 3 rings (SSSR count). The fourth-order valence-electron chi connectivity index (χ4n) is 3.44. The van der Waals surface area contributed by atoms with Gasteiger partial charge in [0, 0.05) is 45.1 Å². The topological polar surface area (TPSA) is 32.8 Å². The summed E-state index contributed by atoms with van der Waals surface area (Å²) in [5, 5.41) is 0. The molecule has 0 atom stereocenters. The number of benzene rings is 1. The van der Waals surface area contributed by atoms with Crippen molar-refractivity contribution in [1.82, 2.24) is 9.80 Å². The molecular weight excluding hydrogens is 314 g/mol. The number of hydrogen-bond donors (Lipinski definition) is 0. The Morgan fingerprint density at radius 2 is 1.71 bits per heavy atom. The summed E-state index contributed by atoms with van der Waals surface area (Å²) in [4.78, 5) is 16.0. The summed E-state index contributed by atoms with van der Waals surface area (Å²) in [6, 6.07) is 9.90. The molecule has 1 amide bonds. The van der Waals surface area contributed by atoms with Crippen molar-refractivity contribution in [2.45, 2.75) is 44.3 Å². The van der Waals surface area contributed by atoms with Crippen LogP contribution in [0.2, 0.25) is 0 Å². The number of ether oxygens (including phenoxy) is 1. The summed E-state index contributed by atoms with van der Waals surface area (Å²) in [6.45, 7) is 2.45. The highest BCUT2D eigenvalue weighted by atomic mass is 19.3. The van der Waals surface area contributed by atoms with E-state index >= 15 is 0 Å². The number of rotatable bonds is 3. The quantitative estimate of drug-likeness (QED) is 0.845. The maximum atomic E-state index is 13.2. The Balaban J connectivity index is 1.41. The first-order valence-electron chi connectivity index (χ1n) is 8.61. The van der Waals surface area contributed by atoms with Gasteiger partial charge in [-0.15, -0.1) is 0 Å². The zero-order chi connectivity index (χ0) is 17.0. The normalized spacial score (nSPS) is 22.3. The van der Waals surface area contributed by atoms with Crippen LogP contribution in [-0.4, -0.2) is 54.0 Å². The molecule has 0 saturated carbocycles. The molecular formula is C18H24F2N2O2. The molecule has 2 fully saturated rings. The van der Waals surface area contributed by atoms with Crippen LogP contribution in [-0.2, 0) is 11.3 Å². The molecule has 2 aliphatic rings. The predicted octanol–water partition coefficient (Wildman–Crippen LogP) is 3.52. The minimum Gasteiger partial charge on any atom is -0.445 e. The van der Waals surface area contributed by atoms with Crippen molar-refractivity contribution in [2.75, 3.05) is 26.2 Å². The van der Waals surface area contributed by atoms with Gasteiger partial charge >= 0.3 is 6.09 Å². The summed E-state index contributed by atoms with van der Waals surface area (Å²) in [6.07, 6.45) is 1.26. The van der Waals surface area contributed by atoms with E-state index in [2.05, 4.69) is 4.90 Å². The van der Waals surface area contributed by atoms with Gasteiger partial charge in [0.15, 0.2) is 0 Å². The zero-order valence-corrected chi connectivity index (χ0v) is 13.8. The van der Waals surface area contributed by atoms with Gasteiger partial charge in [0.25, 0.3) is 5.92 Å². The summed E-state index contributed by atoms with van der Waals surface area (Å²) >= 11 is 0. The van der Waals surface area contributed by atoms with E-state index in [1.54, 1.807) is 4.90 Å². The van der Waals surface area contributed by atoms with E-state index in [4.69, 9.17) is 4.74 Å². The third-order valence-corrected chi connectivity index (χ3v) is 4.97. The second-order valence-corrected chi connectivity index (χ2v) is 6.65. The maximum Gasteiger partial charge on any atom is 0.410 e. The summed E-state index contributed by atoms with van der Waals surface area (Å²) in [5.74, 6) is -2.50. The molecule has 24 heavy (non-hydrogen) atoms. The highest BCUT2D eigenvalue weighted by molar-refractivity contribution is 5.67. The van der Waals surface area contributed by atoms with Crippen LogP contribution in [0.15, 0.2) is 30.3 Å². The molecule has 4 nitrogen and oxygen atoms in total. The van der Waals surface area contributed by atoms with Crippen LogP contribution in [0.4, 0.5) is 13.6 Å². The first-order valence-corrected chi connectivity index (χ1v) is 8.61. The SMILES string of the molecule is O=C(OCc1ccccc1)N1CCC(N2CCC(F)(F)CC2)CC1. The fraction of sp³-hybridized carbons (Fsp3) is 0.611. The van der Waals surface area contributed by atoms with Crippen molar-refractivity contribution >= 4 is 6.09 Å². The lowest BCUT2D eigenvalue weighted by Crippen LogP contribution is -2.50. The second kappa shape index (κ2) is 7.47. The number of carbonyl (C=O) groups excluding carboxylic acids is 1. The van der Waals surface area contributed by atoms with Gasteiger partial charge in [0.2, 0.25) is 0 Å².